The molecule has 0 fully saturated rings. The topological polar surface area (TPSA) is 66.5 Å². The number of amides is 1. The number of fused-ring (bicyclic) bond motifs is 1. The van der Waals surface area contributed by atoms with Crippen molar-refractivity contribution in [2.75, 3.05) is 16.2 Å². The van der Waals surface area contributed by atoms with E-state index in [1.807, 2.05) is 6.07 Å². The summed E-state index contributed by atoms with van der Waals surface area (Å²) in [6, 6.07) is 17.0. The molecule has 4 rings (SSSR count). The van der Waals surface area contributed by atoms with Gasteiger partial charge in [0.1, 0.15) is 0 Å². The number of carbonyl (C=O) groups is 1. The monoisotopic (exact) mass is 460 g/mol. The van der Waals surface area contributed by atoms with Crippen LogP contribution in [0.3, 0.4) is 0 Å². The first kappa shape index (κ1) is 21.9. The highest BCUT2D eigenvalue weighted by molar-refractivity contribution is 7.92. The fourth-order valence-electron chi connectivity index (χ4n) is 3.62. The molecule has 1 heterocycles. The Morgan fingerprint density at radius 3 is 2.28 bits per heavy atom. The molecule has 1 aliphatic heterocycles. The lowest BCUT2D eigenvalue weighted by Gasteiger charge is -2.30. The summed E-state index contributed by atoms with van der Waals surface area (Å²) in [5.41, 5.74) is 1.34. The Bertz CT molecular complexity index is 1240. The first-order valence-corrected chi connectivity index (χ1v) is 11.3. The summed E-state index contributed by atoms with van der Waals surface area (Å²) in [5.74, 6) is -0.186. The van der Waals surface area contributed by atoms with E-state index in [2.05, 4.69) is 4.72 Å². The van der Waals surface area contributed by atoms with E-state index in [9.17, 15) is 26.4 Å². The van der Waals surface area contributed by atoms with Gasteiger partial charge in [-0.05, 0) is 66.9 Å². The molecule has 0 unspecified atom stereocenters. The lowest BCUT2D eigenvalue weighted by Crippen LogP contribution is -2.35. The quantitative estimate of drug-likeness (QED) is 0.589. The molecule has 1 aliphatic rings. The summed E-state index contributed by atoms with van der Waals surface area (Å²) in [4.78, 5) is 14.3. The predicted octanol–water partition coefficient (Wildman–Crippen LogP) is 5.10. The summed E-state index contributed by atoms with van der Waals surface area (Å²) in [5, 5.41) is 0. The van der Waals surface area contributed by atoms with Crippen LogP contribution in [0.1, 0.15) is 27.9 Å². The third-order valence-corrected chi connectivity index (χ3v) is 6.61. The van der Waals surface area contributed by atoms with E-state index in [1.165, 1.54) is 0 Å². The standard InChI is InChI=1S/C23H19F3N2O3S/c24-23(25,26)18-9-12-20(13-10-18)32(30,31)27-19-11-8-16-7-4-14-28(21(16)15-19)22(29)17-5-2-1-3-6-17/h1-3,5-6,8-13,15,27H,4,7,14H2. The van der Waals surface area contributed by atoms with Crippen molar-refractivity contribution in [2.24, 2.45) is 0 Å². The van der Waals surface area contributed by atoms with Crippen LogP contribution in [0.4, 0.5) is 24.5 Å². The zero-order valence-corrected chi connectivity index (χ0v) is 17.6. The molecule has 0 atom stereocenters. The van der Waals surface area contributed by atoms with E-state index in [0.29, 0.717) is 17.8 Å². The Kier molecular flexibility index (Phi) is 5.68. The Labute approximate surface area is 183 Å². The summed E-state index contributed by atoms with van der Waals surface area (Å²) in [6.07, 6.45) is -3.02. The molecule has 9 heteroatoms. The Morgan fingerprint density at radius 2 is 1.62 bits per heavy atom. The molecule has 166 valence electrons. The second-order valence-electron chi connectivity index (χ2n) is 7.40. The lowest BCUT2D eigenvalue weighted by atomic mass is 10.00. The number of halogens is 3. The van der Waals surface area contributed by atoms with Crippen LogP contribution < -0.4 is 9.62 Å². The number of alkyl halides is 3. The molecule has 3 aromatic carbocycles. The predicted molar refractivity (Wildman–Crippen MR) is 115 cm³/mol. The highest BCUT2D eigenvalue weighted by atomic mass is 32.2. The maximum absolute atomic E-state index is 13.0. The van der Waals surface area contributed by atoms with E-state index < -0.39 is 21.8 Å². The molecule has 0 aliphatic carbocycles. The molecular formula is C23H19F3N2O3S. The number of aryl methyl sites for hydroxylation is 1. The van der Waals surface area contributed by atoms with Gasteiger partial charge in [-0.15, -0.1) is 0 Å². The summed E-state index contributed by atoms with van der Waals surface area (Å²) in [6.45, 7) is 0.496. The van der Waals surface area contributed by atoms with E-state index in [0.717, 1.165) is 42.7 Å². The normalized spacial score (nSPS) is 14.0. The van der Waals surface area contributed by atoms with E-state index >= 15 is 0 Å². The molecule has 0 saturated heterocycles. The van der Waals surface area contributed by atoms with Crippen molar-refractivity contribution in [1.29, 1.82) is 0 Å². The molecule has 0 saturated carbocycles. The van der Waals surface area contributed by atoms with Gasteiger partial charge >= 0.3 is 6.18 Å². The highest BCUT2D eigenvalue weighted by Crippen LogP contribution is 2.33. The Hall–Kier alpha value is -3.33. The second kappa shape index (κ2) is 8.31. The molecule has 32 heavy (non-hydrogen) atoms. The minimum atomic E-state index is -4.55. The van der Waals surface area contributed by atoms with E-state index in [4.69, 9.17) is 0 Å². The minimum absolute atomic E-state index is 0.186. The zero-order chi connectivity index (χ0) is 22.9. The average molecular weight is 460 g/mol. The third kappa shape index (κ3) is 4.47. The number of hydrogen-bond donors (Lipinski definition) is 1. The van der Waals surface area contributed by atoms with Gasteiger partial charge in [-0.2, -0.15) is 13.2 Å². The van der Waals surface area contributed by atoms with Gasteiger partial charge in [0.15, 0.2) is 0 Å². The van der Waals surface area contributed by atoms with Gasteiger partial charge in [0.2, 0.25) is 0 Å². The number of benzene rings is 3. The first-order chi connectivity index (χ1) is 15.1. The summed E-state index contributed by atoms with van der Waals surface area (Å²) < 4.78 is 66.0. The van der Waals surface area contributed by atoms with Crippen LogP contribution in [-0.4, -0.2) is 20.9 Å². The van der Waals surface area contributed by atoms with Crippen molar-refractivity contribution in [3.8, 4) is 0 Å². The number of sulfonamides is 1. The summed E-state index contributed by atoms with van der Waals surface area (Å²) in [7, 11) is -4.11. The van der Waals surface area contributed by atoms with Crippen molar-refractivity contribution in [3.05, 3.63) is 89.5 Å². The molecule has 3 aromatic rings. The molecular weight excluding hydrogens is 441 g/mol. The Balaban J connectivity index is 1.61. The van der Waals surface area contributed by atoms with Crippen molar-refractivity contribution >= 4 is 27.3 Å². The molecule has 1 amide bonds. The number of hydrogen-bond acceptors (Lipinski definition) is 3. The molecule has 5 nitrogen and oxygen atoms in total. The van der Waals surface area contributed by atoms with Crippen molar-refractivity contribution in [1.82, 2.24) is 0 Å². The van der Waals surface area contributed by atoms with E-state index in [1.54, 1.807) is 47.4 Å². The van der Waals surface area contributed by atoms with Gasteiger partial charge in [-0.1, -0.05) is 24.3 Å². The fourth-order valence-corrected chi connectivity index (χ4v) is 4.67. The van der Waals surface area contributed by atoms with Crippen LogP contribution in [0.5, 0.6) is 0 Å². The van der Waals surface area contributed by atoms with Crippen LogP contribution >= 0.6 is 0 Å². The molecule has 0 aromatic heterocycles. The molecule has 1 N–H and O–H groups in total. The third-order valence-electron chi connectivity index (χ3n) is 5.21. The zero-order valence-electron chi connectivity index (χ0n) is 16.8. The van der Waals surface area contributed by atoms with Gasteiger partial charge in [-0.25, -0.2) is 8.42 Å². The number of rotatable bonds is 4. The highest BCUT2D eigenvalue weighted by Gasteiger charge is 2.31. The van der Waals surface area contributed by atoms with Crippen LogP contribution in [0.25, 0.3) is 0 Å². The summed E-state index contributed by atoms with van der Waals surface area (Å²) >= 11 is 0. The van der Waals surface area contributed by atoms with Crippen LogP contribution in [0.15, 0.2) is 77.7 Å². The number of nitrogens with zero attached hydrogens (tertiary/aromatic N) is 1. The maximum atomic E-state index is 13.0. The van der Waals surface area contributed by atoms with Crippen molar-refractivity contribution in [3.63, 3.8) is 0 Å². The number of anilines is 2. The SMILES string of the molecule is O=C(c1ccccc1)N1CCCc2ccc(NS(=O)(=O)c3ccc(C(F)(F)F)cc3)cc21. The lowest BCUT2D eigenvalue weighted by molar-refractivity contribution is -0.137. The number of carbonyl (C=O) groups excluding carboxylic acids is 1. The van der Waals surface area contributed by atoms with Gasteiger partial charge in [0.25, 0.3) is 15.9 Å². The molecule has 0 radical (unpaired) electrons. The van der Waals surface area contributed by atoms with Gasteiger partial charge < -0.3 is 4.90 Å². The van der Waals surface area contributed by atoms with E-state index in [-0.39, 0.29) is 16.5 Å². The largest absolute Gasteiger partial charge is 0.416 e. The minimum Gasteiger partial charge on any atom is -0.308 e. The fraction of sp³-hybridized carbons (Fsp3) is 0.174. The van der Waals surface area contributed by atoms with Crippen LogP contribution in [-0.2, 0) is 22.6 Å². The van der Waals surface area contributed by atoms with Gasteiger partial charge in [0, 0.05) is 17.8 Å². The first-order valence-electron chi connectivity index (χ1n) is 9.85. The van der Waals surface area contributed by atoms with Crippen molar-refractivity contribution < 1.29 is 26.4 Å². The van der Waals surface area contributed by atoms with Gasteiger partial charge in [0.05, 0.1) is 16.1 Å². The van der Waals surface area contributed by atoms with Crippen molar-refractivity contribution in [2.45, 2.75) is 23.9 Å². The van der Waals surface area contributed by atoms with Crippen LogP contribution in [0, 0.1) is 0 Å². The Morgan fingerprint density at radius 1 is 0.938 bits per heavy atom. The average Bonchev–Trinajstić information content (AvgIpc) is 2.78. The maximum Gasteiger partial charge on any atom is 0.416 e. The van der Waals surface area contributed by atoms with Gasteiger partial charge in [-0.3, -0.25) is 9.52 Å². The smallest absolute Gasteiger partial charge is 0.308 e. The van der Waals surface area contributed by atoms with Crippen LogP contribution in [0.2, 0.25) is 0 Å². The second-order valence-corrected chi connectivity index (χ2v) is 9.08. The molecule has 0 spiro atoms. The number of nitrogens with one attached hydrogen (secondary N) is 1. The molecule has 0 bridgehead atoms.